The molecule has 1 unspecified atom stereocenters. The van der Waals surface area contributed by atoms with Crippen LogP contribution in [0.4, 0.5) is 0 Å². The van der Waals surface area contributed by atoms with Crippen LogP contribution in [0.25, 0.3) is 0 Å². The molecule has 0 amide bonds. The second-order valence-electron chi connectivity index (χ2n) is 5.42. The monoisotopic (exact) mass is 230 g/mol. The van der Waals surface area contributed by atoms with Gasteiger partial charge >= 0.3 is 0 Å². The van der Waals surface area contributed by atoms with Gasteiger partial charge in [0, 0.05) is 32.2 Å². The van der Waals surface area contributed by atoms with Crippen LogP contribution in [0, 0.1) is 5.92 Å². The lowest BCUT2D eigenvalue weighted by atomic mass is 9.84. The van der Waals surface area contributed by atoms with Crippen LogP contribution < -0.4 is 5.32 Å². The first-order valence-electron chi connectivity index (χ1n) is 6.93. The van der Waals surface area contributed by atoms with E-state index in [4.69, 9.17) is 0 Å². The third-order valence-corrected chi connectivity index (χ3v) is 4.26. The Kier molecular flexibility index (Phi) is 3.44. The molecule has 1 atom stereocenters. The summed E-state index contributed by atoms with van der Waals surface area (Å²) in [6, 6.07) is 11.6. The summed E-state index contributed by atoms with van der Waals surface area (Å²) >= 11 is 0. The van der Waals surface area contributed by atoms with E-state index in [-0.39, 0.29) is 0 Å². The molecule has 2 aliphatic rings. The summed E-state index contributed by atoms with van der Waals surface area (Å²) in [5, 5.41) is 3.53. The van der Waals surface area contributed by atoms with E-state index in [2.05, 4.69) is 40.5 Å². The van der Waals surface area contributed by atoms with Gasteiger partial charge in [-0.15, -0.1) is 0 Å². The Morgan fingerprint density at radius 2 is 2.00 bits per heavy atom. The van der Waals surface area contributed by atoms with Gasteiger partial charge in [0.15, 0.2) is 0 Å². The van der Waals surface area contributed by atoms with Crippen molar-refractivity contribution in [3.8, 4) is 0 Å². The third-order valence-electron chi connectivity index (χ3n) is 4.26. The molecule has 1 aliphatic heterocycles. The zero-order valence-corrected chi connectivity index (χ0v) is 10.4. The number of nitrogens with one attached hydrogen (secondary N) is 1. The number of nitrogens with zero attached hydrogens (tertiary/aromatic N) is 1. The lowest BCUT2D eigenvalue weighted by Crippen LogP contribution is -2.48. The summed E-state index contributed by atoms with van der Waals surface area (Å²) in [4.78, 5) is 2.69. The third kappa shape index (κ3) is 2.53. The van der Waals surface area contributed by atoms with Gasteiger partial charge in [-0.3, -0.25) is 4.90 Å². The zero-order valence-electron chi connectivity index (χ0n) is 10.4. The fourth-order valence-electron chi connectivity index (χ4n) is 2.98. The van der Waals surface area contributed by atoms with Gasteiger partial charge in [0.05, 0.1) is 0 Å². The fourth-order valence-corrected chi connectivity index (χ4v) is 2.98. The molecule has 0 spiro atoms. The normalized spacial score (nSPS) is 26.7. The van der Waals surface area contributed by atoms with Crippen LogP contribution in [0.15, 0.2) is 30.3 Å². The van der Waals surface area contributed by atoms with Crippen LogP contribution in [0.1, 0.15) is 30.9 Å². The van der Waals surface area contributed by atoms with Crippen molar-refractivity contribution >= 4 is 0 Å². The van der Waals surface area contributed by atoms with Gasteiger partial charge in [-0.2, -0.15) is 0 Å². The van der Waals surface area contributed by atoms with Gasteiger partial charge in [-0.25, -0.2) is 0 Å². The molecule has 0 bridgehead atoms. The maximum absolute atomic E-state index is 3.53. The molecule has 2 fully saturated rings. The maximum Gasteiger partial charge on any atom is 0.0473 e. The second kappa shape index (κ2) is 5.19. The Hall–Kier alpha value is -0.860. The van der Waals surface area contributed by atoms with Crippen molar-refractivity contribution in [2.24, 2.45) is 5.92 Å². The zero-order chi connectivity index (χ0) is 11.5. The molecule has 2 nitrogen and oxygen atoms in total. The highest BCUT2D eigenvalue weighted by Crippen LogP contribution is 2.30. The van der Waals surface area contributed by atoms with E-state index in [1.54, 1.807) is 0 Å². The smallest absolute Gasteiger partial charge is 0.0473 e. The van der Waals surface area contributed by atoms with Crippen LogP contribution in [0.5, 0.6) is 0 Å². The first-order chi connectivity index (χ1) is 8.43. The molecule has 17 heavy (non-hydrogen) atoms. The minimum Gasteiger partial charge on any atom is -0.314 e. The molecular formula is C15H22N2. The number of hydrogen-bond acceptors (Lipinski definition) is 2. The summed E-state index contributed by atoms with van der Waals surface area (Å²) < 4.78 is 0. The predicted octanol–water partition coefficient (Wildman–Crippen LogP) is 2.43. The Morgan fingerprint density at radius 3 is 2.71 bits per heavy atom. The average Bonchev–Trinajstić information content (AvgIpc) is 2.35. The average molecular weight is 230 g/mol. The van der Waals surface area contributed by atoms with Crippen molar-refractivity contribution in [3.63, 3.8) is 0 Å². The van der Waals surface area contributed by atoms with Crippen molar-refractivity contribution < 1.29 is 0 Å². The Labute approximate surface area is 104 Å². The molecule has 92 valence electrons. The number of hydrogen-bond donors (Lipinski definition) is 1. The lowest BCUT2D eigenvalue weighted by Gasteiger charge is -2.40. The molecule has 1 saturated heterocycles. The Morgan fingerprint density at radius 1 is 1.18 bits per heavy atom. The molecular weight excluding hydrogens is 208 g/mol. The summed E-state index contributed by atoms with van der Waals surface area (Å²) in [6.45, 7) is 4.77. The number of benzene rings is 1. The summed E-state index contributed by atoms with van der Waals surface area (Å²) in [5.41, 5.74) is 1.47. The lowest BCUT2D eigenvalue weighted by molar-refractivity contribution is 0.110. The highest BCUT2D eigenvalue weighted by Gasteiger charge is 2.27. The van der Waals surface area contributed by atoms with E-state index in [1.807, 2.05) is 0 Å². The van der Waals surface area contributed by atoms with Gasteiger partial charge in [0.1, 0.15) is 0 Å². The Balaban J connectivity index is 1.70. The quantitative estimate of drug-likeness (QED) is 0.858. The number of piperazine rings is 1. The van der Waals surface area contributed by atoms with E-state index in [1.165, 1.54) is 37.9 Å². The molecule has 1 aromatic carbocycles. The standard InChI is InChI=1S/C15H22N2/c1-2-7-14(8-3-1)15-11-16-9-10-17(15)12-13-5-4-6-13/h1-3,7-8,13,15-16H,4-6,9-12H2. The van der Waals surface area contributed by atoms with Gasteiger partial charge in [-0.1, -0.05) is 36.8 Å². The number of rotatable bonds is 3. The van der Waals surface area contributed by atoms with E-state index >= 15 is 0 Å². The SMILES string of the molecule is c1ccc(C2CNCCN2CC2CCC2)cc1. The van der Waals surface area contributed by atoms with Gasteiger partial charge in [-0.05, 0) is 24.3 Å². The summed E-state index contributed by atoms with van der Waals surface area (Å²) in [5.74, 6) is 0.972. The van der Waals surface area contributed by atoms with Crippen molar-refractivity contribution in [2.75, 3.05) is 26.2 Å². The molecule has 0 radical (unpaired) electrons. The van der Waals surface area contributed by atoms with Crippen LogP contribution >= 0.6 is 0 Å². The second-order valence-corrected chi connectivity index (χ2v) is 5.42. The highest BCUT2D eigenvalue weighted by atomic mass is 15.2. The van der Waals surface area contributed by atoms with Crippen molar-refractivity contribution in [1.82, 2.24) is 10.2 Å². The molecule has 1 aliphatic carbocycles. The molecule has 1 saturated carbocycles. The highest BCUT2D eigenvalue weighted by molar-refractivity contribution is 5.20. The molecule has 0 aromatic heterocycles. The van der Waals surface area contributed by atoms with Gasteiger partial charge < -0.3 is 5.32 Å². The first-order valence-corrected chi connectivity index (χ1v) is 6.93. The van der Waals surface area contributed by atoms with E-state index < -0.39 is 0 Å². The van der Waals surface area contributed by atoms with Crippen LogP contribution in [0.3, 0.4) is 0 Å². The minimum absolute atomic E-state index is 0.588. The van der Waals surface area contributed by atoms with Crippen LogP contribution in [0.2, 0.25) is 0 Å². The summed E-state index contributed by atoms with van der Waals surface area (Å²) in [6.07, 6.45) is 4.35. The minimum atomic E-state index is 0.588. The predicted molar refractivity (Wildman–Crippen MR) is 71.0 cm³/mol. The molecule has 1 N–H and O–H groups in total. The Bertz CT molecular complexity index is 345. The van der Waals surface area contributed by atoms with Crippen molar-refractivity contribution in [2.45, 2.75) is 25.3 Å². The van der Waals surface area contributed by atoms with E-state index in [0.717, 1.165) is 19.0 Å². The topological polar surface area (TPSA) is 15.3 Å². The van der Waals surface area contributed by atoms with Gasteiger partial charge in [0.25, 0.3) is 0 Å². The molecule has 1 aromatic rings. The van der Waals surface area contributed by atoms with Crippen LogP contribution in [-0.2, 0) is 0 Å². The van der Waals surface area contributed by atoms with E-state index in [0.29, 0.717) is 6.04 Å². The molecule has 1 heterocycles. The van der Waals surface area contributed by atoms with Gasteiger partial charge in [0.2, 0.25) is 0 Å². The van der Waals surface area contributed by atoms with Crippen molar-refractivity contribution in [3.05, 3.63) is 35.9 Å². The summed E-state index contributed by atoms with van der Waals surface area (Å²) in [7, 11) is 0. The largest absolute Gasteiger partial charge is 0.314 e. The fraction of sp³-hybridized carbons (Fsp3) is 0.600. The van der Waals surface area contributed by atoms with E-state index in [9.17, 15) is 0 Å². The molecule has 3 rings (SSSR count). The first kappa shape index (κ1) is 11.2. The van der Waals surface area contributed by atoms with Crippen molar-refractivity contribution in [1.29, 1.82) is 0 Å². The maximum atomic E-state index is 3.53. The van der Waals surface area contributed by atoms with Crippen LogP contribution in [-0.4, -0.2) is 31.1 Å². The molecule has 2 heteroatoms.